The van der Waals surface area contributed by atoms with E-state index in [9.17, 15) is 13.2 Å². The van der Waals surface area contributed by atoms with Crippen LogP contribution in [0.4, 0.5) is 5.69 Å². The molecule has 0 spiro atoms. The number of carbonyl (C=O) groups excluding carboxylic acids is 1. The zero-order chi connectivity index (χ0) is 17.2. The molecule has 24 heavy (non-hydrogen) atoms. The molecule has 0 aliphatic carbocycles. The van der Waals surface area contributed by atoms with Gasteiger partial charge in [-0.15, -0.1) is 0 Å². The van der Waals surface area contributed by atoms with Crippen LogP contribution < -0.4 is 4.90 Å². The minimum Gasteiger partial charge on any atom is -0.369 e. The molecule has 0 aromatic heterocycles. The van der Waals surface area contributed by atoms with Crippen LogP contribution in [0.25, 0.3) is 0 Å². The minimum atomic E-state index is -3.15. The second kappa shape index (κ2) is 7.11. The summed E-state index contributed by atoms with van der Waals surface area (Å²) >= 11 is 0. The first-order valence-corrected chi connectivity index (χ1v) is 10.4. The number of likely N-dealkylation sites (tertiary alicyclic amines) is 1. The molecule has 132 valence electrons. The Hall–Kier alpha value is -1.60. The van der Waals surface area contributed by atoms with Crippen molar-refractivity contribution in [3.8, 4) is 0 Å². The first-order valence-electron chi connectivity index (χ1n) is 8.49. The van der Waals surface area contributed by atoms with Crippen molar-refractivity contribution in [2.24, 2.45) is 0 Å². The van der Waals surface area contributed by atoms with Gasteiger partial charge >= 0.3 is 0 Å². The van der Waals surface area contributed by atoms with Crippen LogP contribution in [-0.2, 0) is 14.6 Å². The Morgan fingerprint density at radius 3 is 2.08 bits per heavy atom. The molecular weight excluding hydrogens is 326 g/mol. The van der Waals surface area contributed by atoms with Crippen molar-refractivity contribution in [2.45, 2.75) is 17.7 Å². The zero-order valence-electron chi connectivity index (χ0n) is 14.1. The van der Waals surface area contributed by atoms with Crippen molar-refractivity contribution in [3.63, 3.8) is 0 Å². The van der Waals surface area contributed by atoms with Crippen LogP contribution in [0.3, 0.4) is 0 Å². The first-order chi connectivity index (χ1) is 11.4. The Morgan fingerprint density at radius 1 is 0.958 bits per heavy atom. The van der Waals surface area contributed by atoms with E-state index in [0.29, 0.717) is 11.4 Å². The van der Waals surface area contributed by atoms with Gasteiger partial charge in [0.05, 0.1) is 11.4 Å². The second-order valence-electron chi connectivity index (χ2n) is 6.62. The third-order valence-electron chi connectivity index (χ3n) is 4.82. The van der Waals surface area contributed by atoms with Gasteiger partial charge in [0, 0.05) is 51.2 Å². The summed E-state index contributed by atoms with van der Waals surface area (Å²) in [7, 11) is -3.15. The van der Waals surface area contributed by atoms with Crippen LogP contribution in [0.2, 0.25) is 0 Å². The maximum absolute atomic E-state index is 12.2. The molecule has 0 unspecified atom stereocenters. The lowest BCUT2D eigenvalue weighted by molar-refractivity contribution is -0.131. The van der Waals surface area contributed by atoms with Crippen molar-refractivity contribution >= 4 is 21.4 Å². The molecule has 3 rings (SSSR count). The fourth-order valence-electron chi connectivity index (χ4n) is 3.33. The third-order valence-corrected chi connectivity index (χ3v) is 5.95. The van der Waals surface area contributed by atoms with Crippen molar-refractivity contribution < 1.29 is 13.2 Å². The molecule has 0 saturated carbocycles. The summed E-state index contributed by atoms with van der Waals surface area (Å²) in [4.78, 5) is 19.0. The second-order valence-corrected chi connectivity index (χ2v) is 8.63. The van der Waals surface area contributed by atoms with E-state index in [0.717, 1.165) is 57.8 Å². The van der Waals surface area contributed by atoms with Crippen molar-refractivity contribution in [2.75, 3.05) is 57.0 Å². The Kier molecular flexibility index (Phi) is 5.10. The number of hydrogen-bond acceptors (Lipinski definition) is 5. The van der Waals surface area contributed by atoms with Crippen molar-refractivity contribution in [1.82, 2.24) is 9.80 Å². The smallest absolute Gasteiger partial charge is 0.236 e. The number of hydrogen-bond donors (Lipinski definition) is 0. The summed E-state index contributed by atoms with van der Waals surface area (Å²) in [6, 6.07) is 7.05. The highest BCUT2D eigenvalue weighted by atomic mass is 32.2. The molecule has 2 aliphatic rings. The maximum atomic E-state index is 12.2. The third kappa shape index (κ3) is 4.08. The standard InChI is InChI=1S/C17H25N3O3S/c1-24(22,23)16-6-4-15(5-7-16)19-12-10-18(11-13-19)14-17(21)20-8-2-3-9-20/h4-7H,2-3,8-14H2,1H3. The Bertz CT molecular complexity index is 674. The average molecular weight is 351 g/mol. The lowest BCUT2D eigenvalue weighted by atomic mass is 10.2. The summed E-state index contributed by atoms with van der Waals surface area (Å²) in [5.74, 6) is 0.249. The number of amides is 1. The minimum absolute atomic E-state index is 0.249. The normalized spacial score (nSPS) is 19.7. The molecule has 2 fully saturated rings. The van der Waals surface area contributed by atoms with Gasteiger partial charge in [-0.3, -0.25) is 9.69 Å². The summed E-state index contributed by atoms with van der Waals surface area (Å²) < 4.78 is 23.0. The van der Waals surface area contributed by atoms with Gasteiger partial charge in [0.1, 0.15) is 0 Å². The summed E-state index contributed by atoms with van der Waals surface area (Å²) in [6.07, 6.45) is 3.48. The van der Waals surface area contributed by atoms with E-state index in [1.165, 1.54) is 6.26 Å². The van der Waals surface area contributed by atoms with Crippen LogP contribution in [-0.4, -0.2) is 76.2 Å². The predicted octanol–water partition coefficient (Wildman–Crippen LogP) is 0.835. The van der Waals surface area contributed by atoms with Crippen LogP contribution in [0, 0.1) is 0 Å². The largest absolute Gasteiger partial charge is 0.369 e. The number of benzene rings is 1. The van der Waals surface area contributed by atoms with Crippen molar-refractivity contribution in [3.05, 3.63) is 24.3 Å². The number of carbonyl (C=O) groups is 1. The average Bonchev–Trinajstić information content (AvgIpc) is 3.09. The molecule has 7 heteroatoms. The van der Waals surface area contributed by atoms with Gasteiger partial charge in [-0.05, 0) is 37.1 Å². The molecule has 2 saturated heterocycles. The molecule has 2 aliphatic heterocycles. The fraction of sp³-hybridized carbons (Fsp3) is 0.588. The van der Waals surface area contributed by atoms with Gasteiger partial charge in [0.15, 0.2) is 9.84 Å². The number of rotatable bonds is 4. The van der Waals surface area contributed by atoms with E-state index < -0.39 is 9.84 Å². The predicted molar refractivity (Wildman–Crippen MR) is 94.0 cm³/mol. The molecule has 1 amide bonds. The van der Waals surface area contributed by atoms with Crippen LogP contribution >= 0.6 is 0 Å². The molecule has 6 nitrogen and oxygen atoms in total. The van der Waals surface area contributed by atoms with E-state index in [-0.39, 0.29) is 5.91 Å². The molecule has 2 heterocycles. The monoisotopic (exact) mass is 351 g/mol. The molecule has 0 N–H and O–H groups in total. The quantitative estimate of drug-likeness (QED) is 0.804. The van der Waals surface area contributed by atoms with E-state index in [2.05, 4.69) is 9.80 Å². The van der Waals surface area contributed by atoms with Crippen LogP contribution in [0.5, 0.6) is 0 Å². The van der Waals surface area contributed by atoms with Gasteiger partial charge in [-0.2, -0.15) is 0 Å². The van der Waals surface area contributed by atoms with E-state index >= 15 is 0 Å². The van der Waals surface area contributed by atoms with E-state index in [4.69, 9.17) is 0 Å². The molecule has 0 radical (unpaired) electrons. The molecule has 1 aromatic rings. The molecule has 1 aromatic carbocycles. The number of piperazine rings is 1. The lowest BCUT2D eigenvalue weighted by Crippen LogP contribution is -2.49. The highest BCUT2D eigenvalue weighted by Crippen LogP contribution is 2.19. The summed E-state index contributed by atoms with van der Waals surface area (Å²) in [6.45, 7) is 5.75. The Labute approximate surface area is 144 Å². The van der Waals surface area contributed by atoms with Crippen molar-refractivity contribution in [1.29, 1.82) is 0 Å². The maximum Gasteiger partial charge on any atom is 0.236 e. The SMILES string of the molecule is CS(=O)(=O)c1ccc(N2CCN(CC(=O)N3CCCC3)CC2)cc1. The summed E-state index contributed by atoms with van der Waals surface area (Å²) in [5, 5.41) is 0. The van der Waals surface area contributed by atoms with E-state index in [1.807, 2.05) is 17.0 Å². The van der Waals surface area contributed by atoms with Gasteiger partial charge in [-0.25, -0.2) is 8.42 Å². The van der Waals surface area contributed by atoms with Gasteiger partial charge in [0.25, 0.3) is 0 Å². The zero-order valence-corrected chi connectivity index (χ0v) is 15.0. The topological polar surface area (TPSA) is 60.9 Å². The van der Waals surface area contributed by atoms with Gasteiger partial charge in [0.2, 0.25) is 5.91 Å². The number of sulfone groups is 1. The molecular formula is C17H25N3O3S. The van der Waals surface area contributed by atoms with Gasteiger partial charge < -0.3 is 9.80 Å². The molecule has 0 atom stereocenters. The van der Waals surface area contributed by atoms with Gasteiger partial charge in [-0.1, -0.05) is 0 Å². The lowest BCUT2D eigenvalue weighted by Gasteiger charge is -2.36. The fourth-order valence-corrected chi connectivity index (χ4v) is 3.96. The first kappa shape index (κ1) is 17.2. The Morgan fingerprint density at radius 2 is 1.54 bits per heavy atom. The molecule has 0 bridgehead atoms. The highest BCUT2D eigenvalue weighted by molar-refractivity contribution is 7.90. The van der Waals surface area contributed by atoms with Crippen LogP contribution in [0.1, 0.15) is 12.8 Å². The van der Waals surface area contributed by atoms with Crippen LogP contribution in [0.15, 0.2) is 29.2 Å². The number of nitrogens with zero attached hydrogens (tertiary/aromatic N) is 3. The summed E-state index contributed by atoms with van der Waals surface area (Å²) in [5.41, 5.74) is 1.04. The van der Waals surface area contributed by atoms with E-state index in [1.54, 1.807) is 12.1 Å². The Balaban J connectivity index is 1.52. The number of anilines is 1. The highest BCUT2D eigenvalue weighted by Gasteiger charge is 2.23.